The number of carbonyl (C=O) groups excluding carboxylic acids is 2. The van der Waals surface area contributed by atoms with Crippen LogP contribution in [-0.2, 0) is 9.53 Å². The monoisotopic (exact) mass is 371 g/mol. The van der Waals surface area contributed by atoms with E-state index in [0.717, 1.165) is 16.0 Å². The van der Waals surface area contributed by atoms with Crippen molar-refractivity contribution in [2.75, 3.05) is 30.8 Å². The van der Waals surface area contributed by atoms with Crippen molar-refractivity contribution in [3.05, 3.63) is 11.3 Å². The summed E-state index contributed by atoms with van der Waals surface area (Å²) >= 11 is 2.87. The lowest BCUT2D eigenvalue weighted by molar-refractivity contribution is -0.138. The van der Waals surface area contributed by atoms with Crippen LogP contribution in [0.2, 0.25) is 0 Å². The zero-order valence-electron chi connectivity index (χ0n) is 13.8. The van der Waals surface area contributed by atoms with Crippen LogP contribution in [-0.4, -0.2) is 47.6 Å². The average Bonchev–Trinajstić information content (AvgIpc) is 2.99. The highest BCUT2D eigenvalue weighted by molar-refractivity contribution is 8.01. The first-order chi connectivity index (χ1) is 11.5. The van der Waals surface area contributed by atoms with Gasteiger partial charge in [-0.3, -0.25) is 0 Å². The van der Waals surface area contributed by atoms with E-state index in [2.05, 4.69) is 40.0 Å². The highest BCUT2D eigenvalue weighted by atomic mass is 32.2. The third kappa shape index (κ3) is 5.38. The normalized spacial score (nSPS) is 14.4. The molecule has 0 fully saturated rings. The summed E-state index contributed by atoms with van der Waals surface area (Å²) in [5.41, 5.74) is 0.987. The highest BCUT2D eigenvalue weighted by Crippen LogP contribution is 2.27. The molecule has 0 bridgehead atoms. The van der Waals surface area contributed by atoms with Crippen LogP contribution >= 0.6 is 23.1 Å². The quantitative estimate of drug-likeness (QED) is 0.473. The topological polar surface area (TPSA) is 105 Å². The summed E-state index contributed by atoms with van der Waals surface area (Å²) in [5.74, 6) is 0.518. The maximum Gasteiger partial charge on any atom is 0.337 e. The lowest BCUT2D eigenvalue weighted by Gasteiger charge is -2.20. The Morgan fingerprint density at radius 2 is 2.25 bits per heavy atom. The van der Waals surface area contributed by atoms with Gasteiger partial charge in [0.15, 0.2) is 4.34 Å². The summed E-state index contributed by atoms with van der Waals surface area (Å²) in [7, 11) is 0. The van der Waals surface area contributed by atoms with Crippen molar-refractivity contribution in [3.8, 4) is 0 Å². The summed E-state index contributed by atoms with van der Waals surface area (Å²) in [6.07, 6.45) is 0. The van der Waals surface area contributed by atoms with Gasteiger partial charge in [0.2, 0.25) is 5.13 Å². The Morgan fingerprint density at radius 3 is 2.96 bits per heavy atom. The Labute approximate surface area is 148 Å². The van der Waals surface area contributed by atoms with Crippen LogP contribution in [0, 0.1) is 5.92 Å². The maximum absolute atomic E-state index is 12.0. The number of thioether (sulfide) groups is 1. The van der Waals surface area contributed by atoms with Crippen molar-refractivity contribution < 1.29 is 14.3 Å². The third-order valence-corrected chi connectivity index (χ3v) is 5.02. The largest absolute Gasteiger partial charge is 0.463 e. The molecule has 0 radical (unpaired) electrons. The lowest BCUT2D eigenvalue weighted by atomic mass is 10.2. The number of urea groups is 1. The van der Waals surface area contributed by atoms with E-state index in [-0.39, 0.29) is 19.2 Å². The first-order valence-corrected chi connectivity index (χ1v) is 9.44. The second-order valence-electron chi connectivity index (χ2n) is 5.42. The first kappa shape index (κ1) is 18.5. The molecule has 0 saturated carbocycles. The number of ether oxygens (including phenoxy) is 1. The number of esters is 1. The van der Waals surface area contributed by atoms with Gasteiger partial charge in [0.25, 0.3) is 0 Å². The number of aromatic nitrogens is 2. The molecule has 0 aromatic carbocycles. The Balaban J connectivity index is 1.99. The van der Waals surface area contributed by atoms with Gasteiger partial charge in [0.1, 0.15) is 0 Å². The number of rotatable bonds is 8. The number of anilines is 1. The van der Waals surface area contributed by atoms with Gasteiger partial charge in [0, 0.05) is 18.0 Å². The minimum Gasteiger partial charge on any atom is -0.463 e. The van der Waals surface area contributed by atoms with Gasteiger partial charge in [-0.15, -0.1) is 10.2 Å². The van der Waals surface area contributed by atoms with Crippen molar-refractivity contribution in [2.45, 2.75) is 25.1 Å². The van der Waals surface area contributed by atoms with E-state index in [1.807, 2.05) is 0 Å². The van der Waals surface area contributed by atoms with Crippen LogP contribution in [0.15, 0.2) is 15.6 Å². The summed E-state index contributed by atoms with van der Waals surface area (Å²) in [5, 5.41) is 17.4. The van der Waals surface area contributed by atoms with E-state index in [1.54, 1.807) is 6.92 Å². The number of nitrogens with one attached hydrogen (secondary N) is 3. The van der Waals surface area contributed by atoms with Crippen LogP contribution < -0.4 is 16.0 Å². The average molecular weight is 371 g/mol. The van der Waals surface area contributed by atoms with Crippen molar-refractivity contribution in [1.82, 2.24) is 20.8 Å². The molecular formula is C14H21N5O3S2. The molecule has 1 aromatic heterocycles. The Bertz CT molecular complexity index is 630. The van der Waals surface area contributed by atoms with E-state index in [0.29, 0.717) is 22.9 Å². The van der Waals surface area contributed by atoms with E-state index in [4.69, 9.17) is 4.74 Å². The molecule has 0 unspecified atom stereocenters. The van der Waals surface area contributed by atoms with Crippen LogP contribution in [0.1, 0.15) is 20.8 Å². The van der Waals surface area contributed by atoms with E-state index in [9.17, 15) is 9.59 Å². The Kier molecular flexibility index (Phi) is 6.85. The van der Waals surface area contributed by atoms with Crippen molar-refractivity contribution in [3.63, 3.8) is 0 Å². The molecule has 10 heteroatoms. The number of amides is 2. The van der Waals surface area contributed by atoms with Gasteiger partial charge in [0.05, 0.1) is 18.7 Å². The molecule has 2 heterocycles. The number of hydrogen-bond donors (Lipinski definition) is 3. The van der Waals surface area contributed by atoms with Crippen molar-refractivity contribution in [2.24, 2.45) is 5.92 Å². The third-order valence-electron chi connectivity index (χ3n) is 2.98. The van der Waals surface area contributed by atoms with Gasteiger partial charge in [-0.25, -0.2) is 9.59 Å². The standard InChI is InChI=1S/C14H21N5O3S2/c1-4-22-11(20)9-6-15-12(21)17-10(9)7-23-14-19-18-13(24-14)16-5-8(2)3/h8H,4-7H2,1-3H3,(H,16,18)(H2,15,17,21). The van der Waals surface area contributed by atoms with Crippen LogP contribution in [0.3, 0.4) is 0 Å². The van der Waals surface area contributed by atoms with E-state index in [1.165, 1.54) is 23.1 Å². The molecule has 132 valence electrons. The second-order valence-corrected chi connectivity index (χ2v) is 7.62. The first-order valence-electron chi connectivity index (χ1n) is 7.63. The van der Waals surface area contributed by atoms with Gasteiger partial charge in [-0.1, -0.05) is 36.9 Å². The van der Waals surface area contributed by atoms with E-state index < -0.39 is 5.97 Å². The molecule has 0 atom stereocenters. The number of carbonyl (C=O) groups is 2. The molecule has 24 heavy (non-hydrogen) atoms. The Morgan fingerprint density at radius 1 is 1.46 bits per heavy atom. The Hall–Kier alpha value is -1.81. The van der Waals surface area contributed by atoms with Gasteiger partial charge < -0.3 is 20.7 Å². The smallest absolute Gasteiger partial charge is 0.337 e. The zero-order chi connectivity index (χ0) is 17.5. The fraction of sp³-hybridized carbons (Fsp3) is 0.571. The highest BCUT2D eigenvalue weighted by Gasteiger charge is 2.23. The molecule has 1 aromatic rings. The van der Waals surface area contributed by atoms with Crippen LogP contribution in [0.5, 0.6) is 0 Å². The van der Waals surface area contributed by atoms with Crippen molar-refractivity contribution in [1.29, 1.82) is 0 Å². The molecular weight excluding hydrogens is 350 g/mol. The van der Waals surface area contributed by atoms with Crippen LogP contribution in [0.4, 0.5) is 9.93 Å². The predicted octanol–water partition coefficient (Wildman–Crippen LogP) is 1.83. The fourth-order valence-electron chi connectivity index (χ4n) is 1.83. The molecule has 2 rings (SSSR count). The maximum atomic E-state index is 12.0. The second kappa shape index (κ2) is 8.88. The minimum absolute atomic E-state index is 0.165. The van der Waals surface area contributed by atoms with Crippen LogP contribution in [0.25, 0.3) is 0 Å². The molecule has 0 saturated heterocycles. The predicted molar refractivity (Wildman–Crippen MR) is 94.2 cm³/mol. The SMILES string of the molecule is CCOC(=O)C1=C(CSc2nnc(NCC(C)C)s2)NC(=O)NC1. The fourth-order valence-corrected chi connectivity index (χ4v) is 3.58. The molecule has 1 aliphatic rings. The van der Waals surface area contributed by atoms with Crippen molar-refractivity contribution >= 4 is 40.2 Å². The summed E-state index contributed by atoms with van der Waals surface area (Å²) in [4.78, 5) is 23.5. The molecule has 3 N–H and O–H groups in total. The summed E-state index contributed by atoms with van der Waals surface area (Å²) < 4.78 is 5.79. The van der Waals surface area contributed by atoms with Gasteiger partial charge in [-0.05, 0) is 12.8 Å². The number of nitrogens with zero attached hydrogens (tertiary/aromatic N) is 2. The summed E-state index contributed by atoms with van der Waals surface area (Å²) in [6, 6.07) is -0.324. The molecule has 0 aliphatic carbocycles. The molecule has 8 nitrogen and oxygen atoms in total. The number of hydrogen-bond acceptors (Lipinski definition) is 8. The molecule has 1 aliphatic heterocycles. The molecule has 2 amide bonds. The van der Waals surface area contributed by atoms with E-state index >= 15 is 0 Å². The van der Waals surface area contributed by atoms with Gasteiger partial charge in [-0.2, -0.15) is 0 Å². The summed E-state index contributed by atoms with van der Waals surface area (Å²) in [6.45, 7) is 7.27. The minimum atomic E-state index is -0.419. The van der Waals surface area contributed by atoms with Gasteiger partial charge >= 0.3 is 12.0 Å². The zero-order valence-corrected chi connectivity index (χ0v) is 15.5. The molecule has 0 spiro atoms. The lowest BCUT2D eigenvalue weighted by Crippen LogP contribution is -2.44.